The van der Waals surface area contributed by atoms with Crippen molar-refractivity contribution in [2.24, 2.45) is 0 Å². The van der Waals surface area contributed by atoms with Crippen molar-refractivity contribution < 1.29 is 0 Å². The number of rotatable bonds is 2. The summed E-state index contributed by atoms with van der Waals surface area (Å²) in [5.74, 6) is 1.10. The smallest absolute Gasteiger partial charge is 0.159 e. The SMILES string of the molecule is CC(C)c1ccccc1-c1ncc(C#N)cn1. The predicted molar refractivity (Wildman–Crippen MR) is 66.3 cm³/mol. The van der Waals surface area contributed by atoms with E-state index < -0.39 is 0 Å². The standard InChI is InChI=1S/C14H13N3/c1-10(2)12-5-3-4-6-13(12)14-16-8-11(7-15)9-17-14/h3-6,8-10H,1-2H3. The van der Waals surface area contributed by atoms with E-state index in [-0.39, 0.29) is 0 Å². The Morgan fingerprint density at radius 1 is 1.12 bits per heavy atom. The zero-order valence-electron chi connectivity index (χ0n) is 9.88. The molecule has 0 bridgehead atoms. The van der Waals surface area contributed by atoms with E-state index in [0.29, 0.717) is 17.3 Å². The van der Waals surface area contributed by atoms with Gasteiger partial charge in [-0.25, -0.2) is 9.97 Å². The lowest BCUT2D eigenvalue weighted by molar-refractivity contribution is 0.866. The summed E-state index contributed by atoms with van der Waals surface area (Å²) in [5, 5.41) is 8.71. The first-order chi connectivity index (χ1) is 8.22. The molecule has 3 nitrogen and oxygen atoms in total. The van der Waals surface area contributed by atoms with E-state index in [1.807, 2.05) is 24.3 Å². The maximum absolute atomic E-state index is 8.71. The lowest BCUT2D eigenvalue weighted by atomic mass is 9.97. The van der Waals surface area contributed by atoms with Gasteiger partial charge in [0.25, 0.3) is 0 Å². The van der Waals surface area contributed by atoms with Crippen LogP contribution in [0.1, 0.15) is 30.9 Å². The third-order valence-electron chi connectivity index (χ3n) is 2.60. The van der Waals surface area contributed by atoms with E-state index in [0.717, 1.165) is 5.56 Å². The summed E-state index contributed by atoms with van der Waals surface area (Å²) in [6.45, 7) is 4.28. The molecular weight excluding hydrogens is 210 g/mol. The Labute approximate surface area is 101 Å². The van der Waals surface area contributed by atoms with Gasteiger partial charge in [0.2, 0.25) is 0 Å². The monoisotopic (exact) mass is 223 g/mol. The van der Waals surface area contributed by atoms with Crippen LogP contribution in [0.25, 0.3) is 11.4 Å². The van der Waals surface area contributed by atoms with Gasteiger partial charge < -0.3 is 0 Å². The molecule has 0 aliphatic heterocycles. The highest BCUT2D eigenvalue weighted by atomic mass is 14.9. The van der Waals surface area contributed by atoms with Gasteiger partial charge in [-0.3, -0.25) is 0 Å². The first-order valence-corrected chi connectivity index (χ1v) is 5.54. The summed E-state index contributed by atoms with van der Waals surface area (Å²) >= 11 is 0. The molecule has 3 heteroatoms. The van der Waals surface area contributed by atoms with Crippen LogP contribution in [0.2, 0.25) is 0 Å². The zero-order valence-corrected chi connectivity index (χ0v) is 9.88. The van der Waals surface area contributed by atoms with Crippen LogP contribution in [0, 0.1) is 11.3 Å². The van der Waals surface area contributed by atoms with Gasteiger partial charge in [0.05, 0.1) is 5.56 Å². The first kappa shape index (κ1) is 11.3. The molecule has 0 saturated heterocycles. The minimum absolute atomic E-state index is 0.422. The Kier molecular flexibility index (Phi) is 3.15. The van der Waals surface area contributed by atoms with E-state index in [4.69, 9.17) is 5.26 Å². The van der Waals surface area contributed by atoms with Crippen molar-refractivity contribution >= 4 is 0 Å². The number of aromatic nitrogens is 2. The summed E-state index contributed by atoms with van der Waals surface area (Å²) in [5.41, 5.74) is 2.74. The van der Waals surface area contributed by atoms with Crippen molar-refractivity contribution in [3.8, 4) is 17.5 Å². The van der Waals surface area contributed by atoms with Crippen LogP contribution in [-0.4, -0.2) is 9.97 Å². The molecule has 0 N–H and O–H groups in total. The number of benzene rings is 1. The first-order valence-electron chi connectivity index (χ1n) is 5.54. The molecule has 0 atom stereocenters. The average Bonchev–Trinajstić information content (AvgIpc) is 2.39. The average molecular weight is 223 g/mol. The lowest BCUT2D eigenvalue weighted by Crippen LogP contribution is -1.96. The van der Waals surface area contributed by atoms with E-state index in [1.165, 1.54) is 5.56 Å². The van der Waals surface area contributed by atoms with Crippen LogP contribution in [0.3, 0.4) is 0 Å². The maximum Gasteiger partial charge on any atom is 0.159 e. The quantitative estimate of drug-likeness (QED) is 0.785. The van der Waals surface area contributed by atoms with Crippen molar-refractivity contribution in [3.63, 3.8) is 0 Å². The molecule has 0 radical (unpaired) electrons. The molecule has 0 fully saturated rings. The second kappa shape index (κ2) is 4.75. The Morgan fingerprint density at radius 3 is 2.35 bits per heavy atom. The number of hydrogen-bond acceptors (Lipinski definition) is 3. The number of nitrogens with zero attached hydrogens (tertiary/aromatic N) is 3. The van der Waals surface area contributed by atoms with E-state index in [2.05, 4.69) is 29.9 Å². The Morgan fingerprint density at radius 2 is 1.76 bits per heavy atom. The highest BCUT2D eigenvalue weighted by Crippen LogP contribution is 2.26. The highest BCUT2D eigenvalue weighted by molar-refractivity contribution is 5.61. The molecule has 2 rings (SSSR count). The van der Waals surface area contributed by atoms with Gasteiger partial charge in [-0.05, 0) is 11.5 Å². The van der Waals surface area contributed by atoms with Gasteiger partial charge in [0, 0.05) is 18.0 Å². The van der Waals surface area contributed by atoms with Crippen molar-refractivity contribution in [1.29, 1.82) is 5.26 Å². The second-order valence-electron chi connectivity index (χ2n) is 4.15. The molecule has 17 heavy (non-hydrogen) atoms. The van der Waals surface area contributed by atoms with Gasteiger partial charge in [-0.2, -0.15) is 5.26 Å². The molecule has 0 amide bonds. The topological polar surface area (TPSA) is 49.6 Å². The zero-order chi connectivity index (χ0) is 12.3. The van der Waals surface area contributed by atoms with Crippen molar-refractivity contribution in [2.45, 2.75) is 19.8 Å². The third kappa shape index (κ3) is 2.31. The normalized spacial score (nSPS) is 10.2. The fraction of sp³-hybridized carbons (Fsp3) is 0.214. The summed E-state index contributed by atoms with van der Waals surface area (Å²) < 4.78 is 0. The number of nitriles is 1. The molecule has 1 aromatic carbocycles. The van der Waals surface area contributed by atoms with Crippen LogP contribution in [0.4, 0.5) is 0 Å². The van der Waals surface area contributed by atoms with Gasteiger partial charge in [0.15, 0.2) is 5.82 Å². The minimum Gasteiger partial charge on any atom is -0.235 e. The van der Waals surface area contributed by atoms with Gasteiger partial charge in [0.1, 0.15) is 6.07 Å². The summed E-state index contributed by atoms with van der Waals surface area (Å²) in [4.78, 5) is 8.46. The van der Waals surface area contributed by atoms with Gasteiger partial charge in [-0.1, -0.05) is 38.1 Å². The second-order valence-corrected chi connectivity index (χ2v) is 4.15. The lowest BCUT2D eigenvalue weighted by Gasteiger charge is -2.10. The molecule has 0 aliphatic carbocycles. The molecular formula is C14H13N3. The molecule has 0 spiro atoms. The maximum atomic E-state index is 8.71. The summed E-state index contributed by atoms with van der Waals surface area (Å²) in [7, 11) is 0. The van der Waals surface area contributed by atoms with Crippen LogP contribution in [-0.2, 0) is 0 Å². The summed E-state index contributed by atoms with van der Waals surface area (Å²) in [6.07, 6.45) is 3.11. The van der Waals surface area contributed by atoms with E-state index >= 15 is 0 Å². The molecule has 1 aromatic heterocycles. The van der Waals surface area contributed by atoms with Crippen LogP contribution in [0.15, 0.2) is 36.7 Å². The molecule has 1 heterocycles. The van der Waals surface area contributed by atoms with E-state index in [1.54, 1.807) is 12.4 Å². The fourth-order valence-corrected chi connectivity index (χ4v) is 1.73. The van der Waals surface area contributed by atoms with Crippen molar-refractivity contribution in [2.75, 3.05) is 0 Å². The fourth-order valence-electron chi connectivity index (χ4n) is 1.73. The highest BCUT2D eigenvalue weighted by Gasteiger charge is 2.09. The molecule has 0 saturated carbocycles. The molecule has 84 valence electrons. The number of hydrogen-bond donors (Lipinski definition) is 0. The predicted octanol–water partition coefficient (Wildman–Crippen LogP) is 3.14. The van der Waals surface area contributed by atoms with Crippen LogP contribution < -0.4 is 0 Å². The Bertz CT molecular complexity index is 550. The van der Waals surface area contributed by atoms with Gasteiger partial charge in [-0.15, -0.1) is 0 Å². The molecule has 2 aromatic rings. The Balaban J connectivity index is 2.49. The van der Waals surface area contributed by atoms with Crippen molar-refractivity contribution in [1.82, 2.24) is 9.97 Å². The van der Waals surface area contributed by atoms with Gasteiger partial charge >= 0.3 is 0 Å². The Hall–Kier alpha value is -2.21. The van der Waals surface area contributed by atoms with Crippen LogP contribution in [0.5, 0.6) is 0 Å². The van der Waals surface area contributed by atoms with Crippen LogP contribution >= 0.6 is 0 Å². The summed E-state index contributed by atoms with van der Waals surface area (Å²) in [6, 6.07) is 10.1. The largest absolute Gasteiger partial charge is 0.235 e. The molecule has 0 aliphatic rings. The molecule has 0 unspecified atom stereocenters. The third-order valence-corrected chi connectivity index (χ3v) is 2.60. The van der Waals surface area contributed by atoms with Crippen molar-refractivity contribution in [3.05, 3.63) is 47.8 Å². The minimum atomic E-state index is 0.422. The van der Waals surface area contributed by atoms with E-state index in [9.17, 15) is 0 Å².